The number of nitrogens with zero attached hydrogens (tertiary/aromatic N) is 3. The Morgan fingerprint density at radius 1 is 0.315 bits per heavy atom. The molecule has 0 spiro atoms. The summed E-state index contributed by atoms with van der Waals surface area (Å²) in [5.41, 5.74) is 3.20. The molecule has 0 aromatic heterocycles. The number of rotatable bonds is 15. The highest BCUT2D eigenvalue weighted by molar-refractivity contribution is 7.79. The van der Waals surface area contributed by atoms with E-state index in [1.165, 1.54) is 0 Å². The van der Waals surface area contributed by atoms with Gasteiger partial charge in [-0.15, -0.1) is 0 Å². The molecule has 276 valence electrons. The zero-order valence-electron chi connectivity index (χ0n) is 30.3. The van der Waals surface area contributed by atoms with Crippen LogP contribution in [0, 0.1) is 0 Å². The van der Waals surface area contributed by atoms with E-state index >= 15 is 0 Å². The average molecular weight is 778 g/mol. The van der Waals surface area contributed by atoms with Crippen molar-refractivity contribution in [3.8, 4) is 34.5 Å². The second kappa shape index (κ2) is 16.9. The molecule has 1 aliphatic rings. The van der Waals surface area contributed by atoms with Crippen molar-refractivity contribution in [2.24, 2.45) is 13.5 Å². The predicted molar refractivity (Wildman–Crippen MR) is 219 cm³/mol. The molecule has 0 aliphatic carbocycles. The lowest BCUT2D eigenvalue weighted by molar-refractivity contribution is 0.443. The fourth-order valence-electron chi connectivity index (χ4n) is 5.49. The summed E-state index contributed by atoms with van der Waals surface area (Å²) < 4.78 is 57.6. The minimum absolute atomic E-state index is 0.475. The van der Waals surface area contributed by atoms with E-state index in [0.29, 0.717) is 34.5 Å². The van der Waals surface area contributed by atoms with Gasteiger partial charge in [-0.2, -0.15) is 0 Å². The first-order valence-electron chi connectivity index (χ1n) is 17.9. The first kappa shape index (κ1) is 37.1. The zero-order valence-corrected chi connectivity index (χ0v) is 33.0. The van der Waals surface area contributed by atoms with Crippen molar-refractivity contribution >= 4 is 23.0 Å². The molecule has 0 unspecified atom stereocenters. The molecule has 0 bridgehead atoms. The van der Waals surface area contributed by atoms with Crippen LogP contribution in [0.15, 0.2) is 177 Å². The van der Waals surface area contributed by atoms with Crippen molar-refractivity contribution in [3.05, 3.63) is 180 Å². The molecule has 0 fully saturated rings. The van der Waals surface area contributed by atoms with Gasteiger partial charge < -0.3 is 27.1 Å². The molecule has 0 radical (unpaired) electrons. The molecule has 0 N–H and O–H groups in total. The zero-order chi connectivity index (χ0) is 37.3. The minimum Gasteiger partial charge on any atom is -0.413 e. The third-order valence-corrected chi connectivity index (χ3v) is 16.3. The van der Waals surface area contributed by atoms with E-state index in [4.69, 9.17) is 40.7 Å². The fraction of sp³-hybridized carbons (Fsp3) is 0.143. The van der Waals surface area contributed by atoms with Gasteiger partial charge in [0.25, 0.3) is 0 Å². The second-order valence-electron chi connectivity index (χ2n) is 12.2. The number of para-hydroxylation sites is 3. The van der Waals surface area contributed by atoms with Gasteiger partial charge in [-0.1, -0.05) is 125 Å². The number of benzene rings is 6. The molecular formula is C42H42N3O6P3. The lowest BCUT2D eigenvalue weighted by atomic mass is 10.2. The van der Waals surface area contributed by atoms with Gasteiger partial charge in [0.05, 0.1) is 0 Å². The van der Waals surface area contributed by atoms with Crippen LogP contribution in [0.1, 0.15) is 37.5 Å². The van der Waals surface area contributed by atoms with Crippen LogP contribution >= 0.6 is 23.0 Å². The summed E-state index contributed by atoms with van der Waals surface area (Å²) in [5.74, 6) is 2.94. The van der Waals surface area contributed by atoms with Crippen LogP contribution in [0.5, 0.6) is 34.5 Å². The molecule has 1 aliphatic heterocycles. The van der Waals surface area contributed by atoms with Gasteiger partial charge in [0.2, 0.25) is 0 Å². The maximum atomic E-state index is 6.97. The molecule has 9 nitrogen and oxygen atoms in total. The number of aryl methyl sites for hydroxylation is 3. The topological polar surface area (TPSA) is 92.5 Å². The highest BCUT2D eigenvalue weighted by Gasteiger charge is 2.49. The van der Waals surface area contributed by atoms with Gasteiger partial charge in [-0.05, 0) is 109 Å². The quantitative estimate of drug-likeness (QED) is 0.0964. The van der Waals surface area contributed by atoms with Gasteiger partial charge in [0.15, 0.2) is 0 Å². The monoisotopic (exact) mass is 777 g/mol. The lowest BCUT2D eigenvalue weighted by Gasteiger charge is -2.33. The van der Waals surface area contributed by atoms with Crippen LogP contribution in [-0.2, 0) is 19.3 Å². The van der Waals surface area contributed by atoms with Crippen LogP contribution in [0.25, 0.3) is 0 Å². The maximum absolute atomic E-state index is 6.97. The van der Waals surface area contributed by atoms with Gasteiger partial charge >= 0.3 is 23.0 Å². The standard InChI is InChI=1S/C42H42N3O6P3/c1-4-34-19-16-28-40(31-34)49-52(46-37-22-10-7-11-23-37)43-53(47-38-24-12-8-13-25-38,50-41-29-17-20-35(5-2)32-41)45-54(44-52,48-39-26-14-9-15-27-39)51-42-30-18-21-36(6-3)33-42/h7-33H,4-6H2,1-3H3. The third-order valence-electron chi connectivity index (χ3n) is 8.17. The SMILES string of the molecule is CCc1cccc(OP2(Oc3ccccc3)=NP(Oc3ccccc3)(Oc3cccc(CC)c3)=NP(Oc3ccccc3)(Oc3cccc(CC)c3)=N2)c1. The van der Waals surface area contributed by atoms with E-state index in [1.807, 2.05) is 164 Å². The Hall–Kier alpha value is -5.19. The molecule has 6 aromatic carbocycles. The first-order chi connectivity index (χ1) is 26.4. The number of hydrogen-bond acceptors (Lipinski definition) is 9. The molecular weight excluding hydrogens is 735 g/mol. The first-order valence-corrected chi connectivity index (χ1v) is 22.5. The minimum atomic E-state index is -3.94. The molecule has 0 amide bonds. The van der Waals surface area contributed by atoms with Crippen molar-refractivity contribution in [3.63, 3.8) is 0 Å². The Balaban J connectivity index is 1.57. The molecule has 1 heterocycles. The lowest BCUT2D eigenvalue weighted by Crippen LogP contribution is -2.11. The highest BCUT2D eigenvalue weighted by atomic mass is 31.3. The Labute approximate surface area is 317 Å². The van der Waals surface area contributed by atoms with Crippen LogP contribution in [0.2, 0.25) is 0 Å². The molecule has 54 heavy (non-hydrogen) atoms. The predicted octanol–water partition coefficient (Wildman–Crippen LogP) is 14.0. The van der Waals surface area contributed by atoms with Crippen molar-refractivity contribution in [1.82, 2.24) is 0 Å². The van der Waals surface area contributed by atoms with Gasteiger partial charge in [-0.3, -0.25) is 0 Å². The second-order valence-corrected chi connectivity index (χ2v) is 18.4. The van der Waals surface area contributed by atoms with E-state index < -0.39 is 23.0 Å². The third kappa shape index (κ3) is 9.29. The molecule has 7 rings (SSSR count). The van der Waals surface area contributed by atoms with E-state index in [9.17, 15) is 0 Å². The Morgan fingerprint density at radius 3 is 0.815 bits per heavy atom. The van der Waals surface area contributed by atoms with Crippen molar-refractivity contribution < 1.29 is 27.1 Å². The summed E-state index contributed by atoms with van der Waals surface area (Å²) >= 11 is 0. The van der Waals surface area contributed by atoms with Crippen molar-refractivity contribution in [2.75, 3.05) is 0 Å². The van der Waals surface area contributed by atoms with E-state index in [1.54, 1.807) is 0 Å². The summed E-state index contributed by atoms with van der Waals surface area (Å²) in [6, 6.07) is 51.4. The highest BCUT2D eigenvalue weighted by Crippen LogP contribution is 2.78. The molecule has 0 saturated carbocycles. The maximum Gasteiger partial charge on any atom is 0.460 e. The molecule has 0 atom stereocenters. The summed E-state index contributed by atoms with van der Waals surface area (Å²) in [6.07, 6.45) is 2.38. The fourth-order valence-corrected chi connectivity index (χ4v) is 14.5. The van der Waals surface area contributed by atoms with Crippen LogP contribution in [0.3, 0.4) is 0 Å². The Morgan fingerprint density at radius 2 is 0.556 bits per heavy atom. The van der Waals surface area contributed by atoms with E-state index in [0.717, 1.165) is 36.0 Å². The summed E-state index contributed by atoms with van der Waals surface area (Å²) in [5, 5.41) is 0. The molecule has 0 saturated heterocycles. The molecule has 6 aromatic rings. The van der Waals surface area contributed by atoms with Gasteiger partial charge in [0, 0.05) is 0 Å². The summed E-state index contributed by atoms with van der Waals surface area (Å²) in [7, 11) is -11.8. The van der Waals surface area contributed by atoms with E-state index in [-0.39, 0.29) is 0 Å². The summed E-state index contributed by atoms with van der Waals surface area (Å²) in [4.78, 5) is 0. The smallest absolute Gasteiger partial charge is 0.413 e. The largest absolute Gasteiger partial charge is 0.460 e. The van der Waals surface area contributed by atoms with E-state index in [2.05, 4.69) is 20.8 Å². The average Bonchev–Trinajstić information content (AvgIpc) is 3.19. The summed E-state index contributed by atoms with van der Waals surface area (Å²) in [6.45, 7) is 6.26. The molecule has 12 heteroatoms. The van der Waals surface area contributed by atoms with Crippen molar-refractivity contribution in [1.29, 1.82) is 0 Å². The van der Waals surface area contributed by atoms with Crippen LogP contribution < -0.4 is 27.1 Å². The van der Waals surface area contributed by atoms with Gasteiger partial charge in [0.1, 0.15) is 34.5 Å². The van der Waals surface area contributed by atoms with Crippen molar-refractivity contribution in [2.45, 2.75) is 40.0 Å². The van der Waals surface area contributed by atoms with Crippen LogP contribution in [-0.4, -0.2) is 0 Å². The Kier molecular flexibility index (Phi) is 11.6. The van der Waals surface area contributed by atoms with Gasteiger partial charge in [-0.25, -0.2) is 0 Å². The number of hydrogen-bond donors (Lipinski definition) is 0. The normalized spacial score (nSPS) is 20.3. The Bertz CT molecular complexity index is 2080. The van der Waals surface area contributed by atoms with Crippen LogP contribution in [0.4, 0.5) is 0 Å².